The summed E-state index contributed by atoms with van der Waals surface area (Å²) in [5, 5.41) is 3.28. The van der Waals surface area contributed by atoms with E-state index in [1.807, 2.05) is 61.5 Å². The Kier molecular flexibility index (Phi) is 8.06. The summed E-state index contributed by atoms with van der Waals surface area (Å²) >= 11 is 0. The molecule has 0 unspecified atom stereocenters. The fourth-order valence-electron chi connectivity index (χ4n) is 4.32. The molecule has 4 aromatic rings. The summed E-state index contributed by atoms with van der Waals surface area (Å²) in [6.07, 6.45) is 0.555. The van der Waals surface area contributed by atoms with Crippen LogP contribution in [0.15, 0.2) is 77.7 Å². The third-order valence-corrected chi connectivity index (χ3v) is 7.59. The second-order valence-electron chi connectivity index (χ2n) is 8.97. The highest BCUT2D eigenvalue weighted by Gasteiger charge is 2.23. The summed E-state index contributed by atoms with van der Waals surface area (Å²) in [6.45, 7) is 3.74. The Hall–Kier alpha value is -3.99. The van der Waals surface area contributed by atoms with Gasteiger partial charge in [-0.2, -0.15) is 4.98 Å². The van der Waals surface area contributed by atoms with Crippen molar-refractivity contribution in [2.75, 3.05) is 30.4 Å². The van der Waals surface area contributed by atoms with E-state index < -0.39 is 10.0 Å². The van der Waals surface area contributed by atoms with Crippen LogP contribution in [0.25, 0.3) is 11.3 Å². The van der Waals surface area contributed by atoms with Gasteiger partial charge in [0.05, 0.1) is 30.4 Å². The van der Waals surface area contributed by atoms with Crippen molar-refractivity contribution in [1.82, 2.24) is 9.97 Å². The van der Waals surface area contributed by atoms with Crippen molar-refractivity contribution in [2.24, 2.45) is 0 Å². The Morgan fingerprint density at radius 1 is 0.974 bits per heavy atom. The lowest BCUT2D eigenvalue weighted by Crippen LogP contribution is -2.17. The lowest BCUT2D eigenvalue weighted by molar-refractivity contribution is 0.0618. The van der Waals surface area contributed by atoms with E-state index in [2.05, 4.69) is 15.0 Å². The van der Waals surface area contributed by atoms with Crippen molar-refractivity contribution in [3.05, 3.63) is 89.5 Å². The number of sulfonamides is 1. The van der Waals surface area contributed by atoms with Crippen LogP contribution >= 0.6 is 0 Å². The van der Waals surface area contributed by atoms with Crippen molar-refractivity contribution in [3.8, 4) is 22.9 Å². The summed E-state index contributed by atoms with van der Waals surface area (Å²) in [6, 6.07) is 22.0. The molecule has 6 bridgehead atoms. The van der Waals surface area contributed by atoms with Crippen molar-refractivity contribution in [2.45, 2.75) is 31.4 Å². The minimum atomic E-state index is -3.99. The monoisotopic (exact) mass is 546 g/mol. The van der Waals surface area contributed by atoms with E-state index in [0.29, 0.717) is 49.9 Å². The molecule has 5 rings (SSSR count). The quantitative estimate of drug-likeness (QED) is 0.297. The number of hydrogen-bond acceptors (Lipinski definition) is 8. The molecule has 1 aliphatic rings. The maximum absolute atomic E-state index is 13.4. The van der Waals surface area contributed by atoms with Crippen LogP contribution in [0, 0.1) is 0 Å². The Morgan fingerprint density at radius 3 is 2.67 bits per heavy atom. The second kappa shape index (κ2) is 11.8. The van der Waals surface area contributed by atoms with Crippen LogP contribution in [0.5, 0.6) is 11.6 Å². The number of aromatic nitrogens is 2. The second-order valence-corrected chi connectivity index (χ2v) is 10.7. The number of nitrogens with one attached hydrogen (secondary N) is 2. The lowest BCUT2D eigenvalue weighted by atomic mass is 10.00. The van der Waals surface area contributed by atoms with Gasteiger partial charge < -0.3 is 19.5 Å². The molecular formula is C29H30N4O5S. The number of hydrogen-bond donors (Lipinski definition) is 2. The van der Waals surface area contributed by atoms with Crippen molar-refractivity contribution in [3.63, 3.8) is 0 Å². The zero-order valence-electron chi connectivity index (χ0n) is 21.8. The van der Waals surface area contributed by atoms with Crippen LogP contribution in [-0.4, -0.2) is 38.7 Å². The molecule has 0 fully saturated rings. The Labute approximate surface area is 228 Å². The SMILES string of the molecule is CCc1c2nc(nc1-c1ccccc1COCCOC)NS(=O)(=O)c1cccc(c1)NCc1cccc(c1)O2. The normalized spacial score (nSPS) is 13.9. The lowest BCUT2D eigenvalue weighted by Gasteiger charge is -2.18. The van der Waals surface area contributed by atoms with Crippen LogP contribution in [0.4, 0.5) is 11.6 Å². The van der Waals surface area contributed by atoms with E-state index in [1.165, 1.54) is 6.07 Å². The molecule has 0 atom stereocenters. The first-order valence-electron chi connectivity index (χ1n) is 12.7. The summed E-state index contributed by atoms with van der Waals surface area (Å²) < 4.78 is 46.5. The summed E-state index contributed by atoms with van der Waals surface area (Å²) in [4.78, 5) is 9.34. The Balaban J connectivity index is 1.66. The Bertz CT molecular complexity index is 1580. The highest BCUT2D eigenvalue weighted by Crippen LogP contribution is 2.35. The average Bonchev–Trinajstić information content (AvgIpc) is 2.94. The zero-order chi connectivity index (χ0) is 27.2. The first-order chi connectivity index (χ1) is 19.0. The Morgan fingerprint density at radius 2 is 1.82 bits per heavy atom. The largest absolute Gasteiger partial charge is 0.439 e. The molecule has 0 radical (unpaired) electrons. The van der Waals surface area contributed by atoms with Gasteiger partial charge in [-0.3, -0.25) is 0 Å². The van der Waals surface area contributed by atoms with Gasteiger partial charge in [0.2, 0.25) is 11.8 Å². The van der Waals surface area contributed by atoms with E-state index in [4.69, 9.17) is 19.2 Å². The molecule has 9 nitrogen and oxygen atoms in total. The molecule has 0 saturated heterocycles. The van der Waals surface area contributed by atoms with E-state index in [-0.39, 0.29) is 16.7 Å². The standard InChI is InChI=1S/C29H30N4O5S/c1-3-25-27(26-13-5-4-9-21(26)19-37-15-14-36-2)31-29-32-28(25)38-23-11-6-8-20(16-23)18-30-22-10-7-12-24(17-22)39(34,35)33-29/h4-13,16-17,30H,3,14-15,18-19H2,1-2H3,(H,31,32,33). The molecule has 0 spiro atoms. The number of ether oxygens (including phenoxy) is 3. The summed E-state index contributed by atoms with van der Waals surface area (Å²) in [5.41, 5.74) is 4.68. The number of anilines is 2. The molecule has 39 heavy (non-hydrogen) atoms. The maximum atomic E-state index is 13.4. The molecule has 0 saturated carbocycles. The zero-order valence-corrected chi connectivity index (χ0v) is 22.6. The fraction of sp³-hybridized carbons (Fsp3) is 0.241. The van der Waals surface area contributed by atoms with Crippen molar-refractivity contribution < 1.29 is 22.6 Å². The van der Waals surface area contributed by atoms with Crippen molar-refractivity contribution >= 4 is 21.7 Å². The van der Waals surface area contributed by atoms with Gasteiger partial charge in [0.25, 0.3) is 10.0 Å². The third kappa shape index (κ3) is 6.19. The number of rotatable bonds is 7. The number of fused-ring (bicyclic) bond motifs is 6. The maximum Gasteiger partial charge on any atom is 0.264 e. The molecule has 3 aromatic carbocycles. The smallest absolute Gasteiger partial charge is 0.264 e. The third-order valence-electron chi connectivity index (χ3n) is 6.26. The fourth-order valence-corrected chi connectivity index (χ4v) is 5.31. The van der Waals surface area contributed by atoms with Crippen LogP contribution in [0.2, 0.25) is 0 Å². The number of nitrogens with zero attached hydrogens (tertiary/aromatic N) is 2. The van der Waals surface area contributed by atoms with Crippen LogP contribution in [0.1, 0.15) is 23.6 Å². The molecule has 202 valence electrons. The van der Waals surface area contributed by atoms with Gasteiger partial charge in [-0.15, -0.1) is 0 Å². The van der Waals surface area contributed by atoms with Gasteiger partial charge in [0.1, 0.15) is 5.75 Å². The van der Waals surface area contributed by atoms with Gasteiger partial charge in [-0.05, 0) is 47.9 Å². The molecule has 0 amide bonds. The van der Waals surface area contributed by atoms with Crippen LogP contribution in [-0.2, 0) is 39.1 Å². The highest BCUT2D eigenvalue weighted by atomic mass is 32.2. The van der Waals surface area contributed by atoms with E-state index in [1.54, 1.807) is 19.2 Å². The van der Waals surface area contributed by atoms with E-state index >= 15 is 0 Å². The summed E-state index contributed by atoms with van der Waals surface area (Å²) in [5.74, 6) is 0.787. The van der Waals surface area contributed by atoms with E-state index in [0.717, 1.165) is 22.3 Å². The molecular weight excluding hydrogens is 516 g/mol. The van der Waals surface area contributed by atoms with Gasteiger partial charge in [-0.25, -0.2) is 18.1 Å². The van der Waals surface area contributed by atoms with Crippen LogP contribution in [0.3, 0.4) is 0 Å². The van der Waals surface area contributed by atoms with E-state index in [9.17, 15) is 8.42 Å². The van der Waals surface area contributed by atoms with Crippen molar-refractivity contribution in [1.29, 1.82) is 0 Å². The number of benzene rings is 3. The van der Waals surface area contributed by atoms with Crippen LogP contribution < -0.4 is 14.8 Å². The first-order valence-corrected chi connectivity index (χ1v) is 14.1. The van der Waals surface area contributed by atoms with Gasteiger partial charge in [-0.1, -0.05) is 49.4 Å². The molecule has 0 aliphatic carbocycles. The molecule has 2 heterocycles. The minimum absolute atomic E-state index is 0.0844. The molecule has 10 heteroatoms. The van der Waals surface area contributed by atoms with Gasteiger partial charge in [0, 0.05) is 30.5 Å². The molecule has 2 N–H and O–H groups in total. The van der Waals surface area contributed by atoms with Gasteiger partial charge in [0.15, 0.2) is 0 Å². The average molecular weight is 547 g/mol. The molecule has 1 aromatic heterocycles. The van der Waals surface area contributed by atoms with Gasteiger partial charge >= 0.3 is 0 Å². The minimum Gasteiger partial charge on any atom is -0.439 e. The highest BCUT2D eigenvalue weighted by molar-refractivity contribution is 7.92. The first kappa shape index (κ1) is 26.6. The summed E-state index contributed by atoms with van der Waals surface area (Å²) in [7, 11) is -2.36. The predicted octanol–water partition coefficient (Wildman–Crippen LogP) is 5.39. The predicted molar refractivity (Wildman–Crippen MR) is 149 cm³/mol. The number of methoxy groups -OCH3 is 1. The molecule has 1 aliphatic heterocycles. The topological polar surface area (TPSA) is 112 Å².